The number of amides is 2. The van der Waals surface area contributed by atoms with Crippen molar-refractivity contribution in [1.29, 1.82) is 0 Å². The van der Waals surface area contributed by atoms with Crippen LogP contribution in [0, 0.1) is 11.3 Å². The molecule has 168 valence electrons. The van der Waals surface area contributed by atoms with Gasteiger partial charge in [0.15, 0.2) is 0 Å². The van der Waals surface area contributed by atoms with Gasteiger partial charge in [-0.3, -0.25) is 10.1 Å². The van der Waals surface area contributed by atoms with E-state index in [9.17, 15) is 9.59 Å². The van der Waals surface area contributed by atoms with Crippen LogP contribution in [0.3, 0.4) is 0 Å². The van der Waals surface area contributed by atoms with E-state index < -0.39 is 12.0 Å². The van der Waals surface area contributed by atoms with E-state index in [0.29, 0.717) is 39.1 Å². The number of carbonyl (C=O) groups excluding carboxylic acids is 2. The summed E-state index contributed by atoms with van der Waals surface area (Å²) in [7, 11) is 0. The molecule has 9 heteroatoms. The summed E-state index contributed by atoms with van der Waals surface area (Å²) in [5.41, 5.74) is 7.70. The fourth-order valence-corrected chi connectivity index (χ4v) is 4.28. The fraction of sp³-hybridized carbons (Fsp3) is 0.348. The molecule has 1 aromatic carbocycles. The molecule has 0 radical (unpaired) electrons. The third-order valence-electron chi connectivity index (χ3n) is 6.55. The highest BCUT2D eigenvalue weighted by molar-refractivity contribution is 6.30. The first kappa shape index (κ1) is 22.0. The summed E-state index contributed by atoms with van der Waals surface area (Å²) in [6, 6.07) is 8.38. The Bertz CT molecular complexity index is 1170. The van der Waals surface area contributed by atoms with Gasteiger partial charge in [-0.1, -0.05) is 32.4 Å². The molecule has 0 saturated heterocycles. The normalized spacial score (nSPS) is 19.6. The van der Waals surface area contributed by atoms with E-state index in [1.807, 2.05) is 0 Å². The van der Waals surface area contributed by atoms with Crippen LogP contribution in [0.5, 0.6) is 5.75 Å². The number of ether oxygens (including phenoxy) is 1. The molecule has 0 bridgehead atoms. The van der Waals surface area contributed by atoms with Crippen LogP contribution >= 0.6 is 11.6 Å². The Kier molecular flexibility index (Phi) is 5.73. The largest absolute Gasteiger partial charge is 0.417 e. The minimum Gasteiger partial charge on any atom is -0.410 e. The first-order chi connectivity index (χ1) is 15.1. The zero-order valence-corrected chi connectivity index (χ0v) is 18.9. The van der Waals surface area contributed by atoms with E-state index in [1.54, 1.807) is 41.0 Å². The van der Waals surface area contributed by atoms with Gasteiger partial charge in [0.1, 0.15) is 5.75 Å². The number of anilines is 2. The molecule has 1 aliphatic carbocycles. The number of nitrogens with zero attached hydrogens (tertiary/aromatic N) is 2. The molecule has 2 aromatic heterocycles. The predicted octanol–water partition coefficient (Wildman–Crippen LogP) is 4.93. The van der Waals surface area contributed by atoms with Crippen molar-refractivity contribution >= 4 is 40.5 Å². The predicted molar refractivity (Wildman–Crippen MR) is 124 cm³/mol. The Morgan fingerprint density at radius 1 is 1.25 bits per heavy atom. The van der Waals surface area contributed by atoms with Crippen molar-refractivity contribution in [3.8, 4) is 5.75 Å². The lowest BCUT2D eigenvalue weighted by molar-refractivity contribution is 0.100. The molecular weight excluding hydrogens is 430 g/mol. The van der Waals surface area contributed by atoms with Gasteiger partial charge in [0, 0.05) is 11.1 Å². The molecule has 4 N–H and O–H groups in total. The third kappa shape index (κ3) is 4.23. The summed E-state index contributed by atoms with van der Waals surface area (Å²) < 4.78 is 6.88. The summed E-state index contributed by atoms with van der Waals surface area (Å²) in [6.07, 6.45) is 4.52. The van der Waals surface area contributed by atoms with Crippen molar-refractivity contribution in [2.75, 3.05) is 10.6 Å². The topological polar surface area (TPSA) is 111 Å². The Labute approximate surface area is 191 Å². The Balaban J connectivity index is 1.61. The van der Waals surface area contributed by atoms with Crippen molar-refractivity contribution in [3.05, 3.63) is 53.3 Å². The molecule has 32 heavy (non-hydrogen) atoms. The molecule has 0 aliphatic heterocycles. The highest BCUT2D eigenvalue weighted by atomic mass is 35.5. The van der Waals surface area contributed by atoms with E-state index in [0.717, 1.165) is 12.8 Å². The minimum atomic E-state index is -0.654. The standard InChI is InChI=1S/C23H26ClN5O3/c1-13-4-9-19(23(13,2)3)28-20-17(21(25)30)11-26-29-12-15(10-18(20)29)27-22(31)32-16-7-5-14(24)6-8-16/h5-8,10-13,19,28H,4,9H2,1-3H3,(H2,25,30)(H,27,31)/t13-,19+/m0/s1. The van der Waals surface area contributed by atoms with Crippen LogP contribution in [0.2, 0.25) is 5.02 Å². The molecule has 0 spiro atoms. The summed E-state index contributed by atoms with van der Waals surface area (Å²) in [6.45, 7) is 6.69. The quantitative estimate of drug-likeness (QED) is 0.505. The summed E-state index contributed by atoms with van der Waals surface area (Å²) in [4.78, 5) is 24.4. The van der Waals surface area contributed by atoms with Gasteiger partial charge in [0.2, 0.25) is 0 Å². The number of hydrogen-bond donors (Lipinski definition) is 3. The summed E-state index contributed by atoms with van der Waals surface area (Å²) in [5.74, 6) is 0.343. The van der Waals surface area contributed by atoms with Crippen LogP contribution in [-0.2, 0) is 0 Å². The molecule has 2 atom stereocenters. The Hall–Kier alpha value is -3.26. The maximum atomic E-state index is 12.3. The van der Waals surface area contributed by atoms with E-state index in [1.165, 1.54) is 6.20 Å². The number of hydrogen-bond acceptors (Lipinski definition) is 5. The zero-order chi connectivity index (χ0) is 23.0. The van der Waals surface area contributed by atoms with Gasteiger partial charge in [0.05, 0.1) is 34.8 Å². The molecule has 1 saturated carbocycles. The number of fused-ring (bicyclic) bond motifs is 1. The number of nitrogens with one attached hydrogen (secondary N) is 2. The molecule has 1 aliphatic rings. The number of benzene rings is 1. The van der Waals surface area contributed by atoms with Gasteiger partial charge >= 0.3 is 6.09 Å². The number of primary amides is 1. The van der Waals surface area contributed by atoms with Crippen molar-refractivity contribution < 1.29 is 14.3 Å². The molecular formula is C23H26ClN5O3. The molecule has 4 rings (SSSR count). The van der Waals surface area contributed by atoms with Crippen LogP contribution in [0.1, 0.15) is 44.0 Å². The van der Waals surface area contributed by atoms with Crippen molar-refractivity contribution in [2.45, 2.75) is 39.7 Å². The van der Waals surface area contributed by atoms with Crippen LogP contribution in [0.25, 0.3) is 5.52 Å². The minimum absolute atomic E-state index is 0.0469. The second-order valence-electron chi connectivity index (χ2n) is 8.82. The third-order valence-corrected chi connectivity index (χ3v) is 6.80. The van der Waals surface area contributed by atoms with Gasteiger partial charge < -0.3 is 15.8 Å². The van der Waals surface area contributed by atoms with Gasteiger partial charge in [0.25, 0.3) is 5.91 Å². The van der Waals surface area contributed by atoms with Crippen LogP contribution in [0.4, 0.5) is 16.2 Å². The lowest BCUT2D eigenvalue weighted by Crippen LogP contribution is -2.35. The zero-order valence-electron chi connectivity index (χ0n) is 18.2. The van der Waals surface area contributed by atoms with Crippen LogP contribution < -0.4 is 21.1 Å². The van der Waals surface area contributed by atoms with E-state index in [2.05, 4.69) is 36.5 Å². The summed E-state index contributed by atoms with van der Waals surface area (Å²) in [5, 5.41) is 11.1. The molecule has 2 amide bonds. The average molecular weight is 456 g/mol. The molecule has 0 unspecified atom stereocenters. The Morgan fingerprint density at radius 2 is 1.97 bits per heavy atom. The maximum Gasteiger partial charge on any atom is 0.417 e. The average Bonchev–Trinajstić information content (AvgIpc) is 3.24. The van der Waals surface area contributed by atoms with Crippen molar-refractivity contribution in [3.63, 3.8) is 0 Å². The summed E-state index contributed by atoms with van der Waals surface area (Å²) >= 11 is 5.85. The molecule has 1 fully saturated rings. The first-order valence-electron chi connectivity index (χ1n) is 10.5. The van der Waals surface area contributed by atoms with E-state index >= 15 is 0 Å². The number of nitrogens with two attached hydrogens (primary N) is 1. The first-order valence-corrected chi connectivity index (χ1v) is 10.8. The number of halogens is 1. The monoisotopic (exact) mass is 455 g/mol. The second-order valence-corrected chi connectivity index (χ2v) is 9.26. The number of aromatic nitrogens is 2. The van der Waals surface area contributed by atoms with Gasteiger partial charge in [-0.2, -0.15) is 5.10 Å². The van der Waals surface area contributed by atoms with Crippen LogP contribution in [0.15, 0.2) is 42.7 Å². The highest BCUT2D eigenvalue weighted by Crippen LogP contribution is 2.44. The molecule has 2 heterocycles. The molecule has 8 nitrogen and oxygen atoms in total. The van der Waals surface area contributed by atoms with Gasteiger partial charge in [-0.15, -0.1) is 0 Å². The molecule has 3 aromatic rings. The highest BCUT2D eigenvalue weighted by Gasteiger charge is 2.41. The van der Waals surface area contributed by atoms with Crippen molar-refractivity contribution in [2.24, 2.45) is 17.1 Å². The maximum absolute atomic E-state index is 12.3. The second kappa shape index (κ2) is 8.35. The lowest BCUT2D eigenvalue weighted by atomic mass is 9.80. The van der Waals surface area contributed by atoms with Crippen molar-refractivity contribution in [1.82, 2.24) is 9.61 Å². The smallest absolute Gasteiger partial charge is 0.410 e. The van der Waals surface area contributed by atoms with E-state index in [4.69, 9.17) is 22.1 Å². The van der Waals surface area contributed by atoms with Gasteiger partial charge in [-0.25, -0.2) is 9.31 Å². The van der Waals surface area contributed by atoms with E-state index in [-0.39, 0.29) is 11.5 Å². The fourth-order valence-electron chi connectivity index (χ4n) is 4.15. The SMILES string of the molecule is C[C@H]1CC[C@@H](Nc2c(C(N)=O)cnn3cc(NC(=O)Oc4ccc(Cl)cc4)cc23)C1(C)C. The lowest BCUT2D eigenvalue weighted by Gasteiger charge is -2.33. The number of carbonyl (C=O) groups is 2. The number of rotatable bonds is 5. The van der Waals surface area contributed by atoms with Crippen LogP contribution in [-0.4, -0.2) is 27.7 Å². The Morgan fingerprint density at radius 3 is 2.59 bits per heavy atom. The van der Waals surface area contributed by atoms with Gasteiger partial charge in [-0.05, 0) is 54.5 Å².